The highest BCUT2D eigenvalue weighted by Gasteiger charge is 2.27. The second-order valence-corrected chi connectivity index (χ2v) is 4.22. The van der Waals surface area contributed by atoms with Crippen molar-refractivity contribution in [1.82, 2.24) is 9.80 Å². The van der Waals surface area contributed by atoms with Gasteiger partial charge in [0, 0.05) is 13.6 Å². The molecule has 0 aliphatic carbocycles. The number of morpholine rings is 1. The monoisotopic (exact) mass is 274 g/mol. The molecule has 1 rings (SSSR count). The number of likely N-dealkylation sites (N-methyl/N-ethyl adjacent to an activating group) is 1. The molecule has 1 fully saturated rings. The van der Waals surface area contributed by atoms with Crippen LogP contribution < -0.4 is 0 Å². The van der Waals surface area contributed by atoms with Gasteiger partial charge in [0.2, 0.25) is 0 Å². The molecule has 19 heavy (non-hydrogen) atoms. The zero-order valence-corrected chi connectivity index (χ0v) is 11.8. The maximum absolute atomic E-state index is 11.6. The quantitative estimate of drug-likeness (QED) is 0.763. The summed E-state index contributed by atoms with van der Waals surface area (Å²) in [6, 6.07) is 0. The summed E-state index contributed by atoms with van der Waals surface area (Å²) in [5.74, 6) is 0. The lowest BCUT2D eigenvalue weighted by Crippen LogP contribution is -2.50. The van der Waals surface area contributed by atoms with Crippen molar-refractivity contribution in [2.75, 3.05) is 46.5 Å². The van der Waals surface area contributed by atoms with Crippen molar-refractivity contribution < 1.29 is 23.8 Å². The van der Waals surface area contributed by atoms with E-state index in [0.717, 1.165) is 0 Å². The molecule has 1 heterocycles. The molecule has 1 saturated heterocycles. The molecular formula is C12H22N2O5. The van der Waals surface area contributed by atoms with Gasteiger partial charge in [-0.1, -0.05) is 0 Å². The van der Waals surface area contributed by atoms with E-state index >= 15 is 0 Å². The summed E-state index contributed by atoms with van der Waals surface area (Å²) in [4.78, 5) is 26.1. The summed E-state index contributed by atoms with van der Waals surface area (Å²) in [6.07, 6.45) is -0.943. The lowest BCUT2D eigenvalue weighted by atomic mass is 10.2. The summed E-state index contributed by atoms with van der Waals surface area (Å²) < 4.78 is 15.4. The van der Waals surface area contributed by atoms with Crippen LogP contribution in [0.15, 0.2) is 0 Å². The molecule has 0 saturated carbocycles. The highest BCUT2D eigenvalue weighted by atomic mass is 16.6. The average molecular weight is 274 g/mol. The smallest absolute Gasteiger partial charge is 0.409 e. The van der Waals surface area contributed by atoms with Crippen molar-refractivity contribution in [3.05, 3.63) is 0 Å². The van der Waals surface area contributed by atoms with E-state index in [1.165, 1.54) is 4.90 Å². The van der Waals surface area contributed by atoms with Crippen LogP contribution in [0.4, 0.5) is 9.59 Å². The van der Waals surface area contributed by atoms with Crippen LogP contribution in [0.3, 0.4) is 0 Å². The first-order chi connectivity index (χ1) is 9.08. The first kappa shape index (κ1) is 15.6. The number of nitrogens with zero attached hydrogens (tertiary/aromatic N) is 2. The fraction of sp³-hybridized carbons (Fsp3) is 0.833. The van der Waals surface area contributed by atoms with Crippen LogP contribution in [0.25, 0.3) is 0 Å². The van der Waals surface area contributed by atoms with E-state index in [9.17, 15) is 9.59 Å². The highest BCUT2D eigenvalue weighted by Crippen LogP contribution is 2.08. The summed E-state index contributed by atoms with van der Waals surface area (Å²) >= 11 is 0. The topological polar surface area (TPSA) is 68.3 Å². The average Bonchev–Trinajstić information content (AvgIpc) is 2.39. The molecule has 0 bridgehead atoms. The molecule has 1 aliphatic heterocycles. The minimum atomic E-state index is -0.389. The molecular weight excluding hydrogens is 252 g/mol. The molecule has 7 heteroatoms. The van der Waals surface area contributed by atoms with Crippen molar-refractivity contribution in [1.29, 1.82) is 0 Å². The number of amides is 2. The first-order valence-electron chi connectivity index (χ1n) is 6.49. The van der Waals surface area contributed by atoms with Gasteiger partial charge in [-0.05, 0) is 13.8 Å². The van der Waals surface area contributed by atoms with Gasteiger partial charge in [0.25, 0.3) is 0 Å². The van der Waals surface area contributed by atoms with E-state index in [-0.39, 0.29) is 18.3 Å². The van der Waals surface area contributed by atoms with Crippen LogP contribution in [-0.2, 0) is 14.2 Å². The Morgan fingerprint density at radius 1 is 1.32 bits per heavy atom. The fourth-order valence-corrected chi connectivity index (χ4v) is 1.82. The second kappa shape index (κ2) is 7.83. The second-order valence-electron chi connectivity index (χ2n) is 4.22. The third kappa shape index (κ3) is 4.94. The Balaban J connectivity index is 2.42. The number of rotatable bonds is 4. The van der Waals surface area contributed by atoms with Gasteiger partial charge in [-0.15, -0.1) is 0 Å². The van der Waals surface area contributed by atoms with Crippen LogP contribution in [0, 0.1) is 0 Å². The third-order valence-electron chi connectivity index (χ3n) is 2.72. The Hall–Kier alpha value is -1.50. The summed E-state index contributed by atoms with van der Waals surface area (Å²) in [7, 11) is 1.64. The minimum Gasteiger partial charge on any atom is -0.450 e. The molecule has 1 aliphatic rings. The van der Waals surface area contributed by atoms with E-state index in [0.29, 0.717) is 39.5 Å². The first-order valence-corrected chi connectivity index (χ1v) is 6.49. The largest absolute Gasteiger partial charge is 0.450 e. The lowest BCUT2D eigenvalue weighted by Gasteiger charge is -2.33. The summed E-state index contributed by atoms with van der Waals surface area (Å²) in [5, 5.41) is 0. The number of ether oxygens (including phenoxy) is 3. The van der Waals surface area contributed by atoms with Crippen LogP contribution in [-0.4, -0.2) is 74.6 Å². The van der Waals surface area contributed by atoms with Gasteiger partial charge in [0.15, 0.2) is 0 Å². The molecule has 1 unspecified atom stereocenters. The standard InChI is InChI=1S/C12H22N2O5/c1-4-17-11(15)13(3)8-10-9-14(6-7-19-10)12(16)18-5-2/h10H,4-9H2,1-3H3. The minimum absolute atomic E-state index is 0.215. The Kier molecular flexibility index (Phi) is 6.41. The Bertz CT molecular complexity index is 308. The highest BCUT2D eigenvalue weighted by molar-refractivity contribution is 5.68. The third-order valence-corrected chi connectivity index (χ3v) is 2.72. The SMILES string of the molecule is CCOC(=O)N(C)CC1CN(C(=O)OCC)CCO1. The van der Waals surface area contributed by atoms with Gasteiger partial charge in [-0.25, -0.2) is 9.59 Å². The predicted octanol–water partition coefficient (Wildman–Crippen LogP) is 0.932. The molecule has 0 spiro atoms. The van der Waals surface area contributed by atoms with E-state index in [4.69, 9.17) is 14.2 Å². The zero-order valence-electron chi connectivity index (χ0n) is 11.8. The number of hydrogen-bond donors (Lipinski definition) is 0. The maximum atomic E-state index is 11.6. The van der Waals surface area contributed by atoms with Crippen LogP contribution in [0.5, 0.6) is 0 Å². The fourth-order valence-electron chi connectivity index (χ4n) is 1.82. The van der Waals surface area contributed by atoms with Crippen LogP contribution in [0.1, 0.15) is 13.8 Å². The van der Waals surface area contributed by atoms with Gasteiger partial charge in [-0.3, -0.25) is 0 Å². The van der Waals surface area contributed by atoms with Crippen molar-refractivity contribution in [2.24, 2.45) is 0 Å². The van der Waals surface area contributed by atoms with Crippen molar-refractivity contribution in [3.63, 3.8) is 0 Å². The number of carbonyl (C=O) groups excluding carboxylic acids is 2. The van der Waals surface area contributed by atoms with Crippen molar-refractivity contribution >= 4 is 12.2 Å². The van der Waals surface area contributed by atoms with E-state index in [1.54, 1.807) is 25.8 Å². The molecule has 110 valence electrons. The lowest BCUT2D eigenvalue weighted by molar-refractivity contribution is -0.0369. The molecule has 7 nitrogen and oxygen atoms in total. The summed E-state index contributed by atoms with van der Waals surface area (Å²) in [5.41, 5.74) is 0. The molecule has 0 aromatic heterocycles. The van der Waals surface area contributed by atoms with Gasteiger partial charge in [0.05, 0.1) is 39.0 Å². The molecule has 1 atom stereocenters. The van der Waals surface area contributed by atoms with Gasteiger partial charge >= 0.3 is 12.2 Å². The Morgan fingerprint density at radius 2 is 2.00 bits per heavy atom. The zero-order chi connectivity index (χ0) is 14.3. The number of carbonyl (C=O) groups is 2. The molecule has 2 amide bonds. The maximum Gasteiger partial charge on any atom is 0.409 e. The van der Waals surface area contributed by atoms with Crippen LogP contribution in [0.2, 0.25) is 0 Å². The van der Waals surface area contributed by atoms with Crippen molar-refractivity contribution in [2.45, 2.75) is 20.0 Å². The normalized spacial score (nSPS) is 18.9. The van der Waals surface area contributed by atoms with Crippen LogP contribution >= 0.6 is 0 Å². The Morgan fingerprint density at radius 3 is 2.63 bits per heavy atom. The van der Waals surface area contributed by atoms with E-state index in [2.05, 4.69) is 0 Å². The van der Waals surface area contributed by atoms with Gasteiger partial charge in [-0.2, -0.15) is 0 Å². The van der Waals surface area contributed by atoms with Gasteiger partial charge in [0.1, 0.15) is 0 Å². The molecule has 0 aromatic carbocycles. The van der Waals surface area contributed by atoms with Gasteiger partial charge < -0.3 is 24.0 Å². The molecule has 0 aromatic rings. The predicted molar refractivity (Wildman–Crippen MR) is 68.0 cm³/mol. The van der Waals surface area contributed by atoms with E-state index in [1.807, 2.05) is 0 Å². The molecule has 0 N–H and O–H groups in total. The molecule has 0 radical (unpaired) electrons. The summed E-state index contributed by atoms with van der Waals surface area (Å²) in [6.45, 7) is 5.97. The Labute approximate surface area is 113 Å². The number of hydrogen-bond acceptors (Lipinski definition) is 5. The van der Waals surface area contributed by atoms with Crippen molar-refractivity contribution in [3.8, 4) is 0 Å². The van der Waals surface area contributed by atoms with E-state index < -0.39 is 0 Å².